The Balaban J connectivity index is 1.95. The lowest BCUT2D eigenvalue weighted by molar-refractivity contribution is -0.133. The van der Waals surface area contributed by atoms with Crippen LogP contribution in [0.15, 0.2) is 0 Å². The van der Waals surface area contributed by atoms with Crippen molar-refractivity contribution in [3.63, 3.8) is 0 Å². The van der Waals surface area contributed by atoms with Crippen molar-refractivity contribution < 1.29 is 9.59 Å². The molecule has 1 unspecified atom stereocenters. The molecule has 0 saturated carbocycles. The molecular formula is C20H36N2O2. The molecule has 2 aliphatic heterocycles. The lowest BCUT2D eigenvalue weighted by Crippen LogP contribution is -2.52. The number of likely N-dealkylation sites (tertiary alicyclic amines) is 2. The van der Waals surface area contributed by atoms with E-state index in [9.17, 15) is 9.59 Å². The number of hydrogen-bond donors (Lipinski definition) is 0. The summed E-state index contributed by atoms with van der Waals surface area (Å²) in [6.45, 7) is 12.2. The normalized spacial score (nSPS) is 22.9. The minimum atomic E-state index is -0.206. The largest absolute Gasteiger partial charge is 0.300 e. The van der Waals surface area contributed by atoms with Crippen molar-refractivity contribution in [2.75, 3.05) is 26.2 Å². The number of carbonyl (C=O) groups excluding carboxylic acids is 2. The first-order valence-corrected chi connectivity index (χ1v) is 9.94. The van der Waals surface area contributed by atoms with Crippen LogP contribution in [0, 0.1) is 11.8 Å². The van der Waals surface area contributed by atoms with Gasteiger partial charge >= 0.3 is 0 Å². The van der Waals surface area contributed by atoms with Crippen molar-refractivity contribution in [2.45, 2.75) is 78.3 Å². The quantitative estimate of drug-likeness (QED) is 0.716. The molecule has 2 fully saturated rings. The van der Waals surface area contributed by atoms with E-state index in [4.69, 9.17) is 0 Å². The molecule has 0 radical (unpaired) electrons. The van der Waals surface area contributed by atoms with Crippen LogP contribution in [0.4, 0.5) is 0 Å². The third-order valence-corrected chi connectivity index (χ3v) is 5.78. The highest BCUT2D eigenvalue weighted by Gasteiger charge is 2.34. The van der Waals surface area contributed by atoms with Crippen LogP contribution in [0.3, 0.4) is 0 Å². The van der Waals surface area contributed by atoms with Gasteiger partial charge in [0, 0.05) is 37.4 Å². The molecule has 2 saturated heterocycles. The Labute approximate surface area is 148 Å². The van der Waals surface area contributed by atoms with Gasteiger partial charge in [-0.25, -0.2) is 0 Å². The van der Waals surface area contributed by atoms with Gasteiger partial charge in [0.25, 0.3) is 0 Å². The maximum Gasteiger partial charge on any atom is 0.152 e. The van der Waals surface area contributed by atoms with Crippen LogP contribution in [0.2, 0.25) is 0 Å². The van der Waals surface area contributed by atoms with Gasteiger partial charge in [-0.2, -0.15) is 0 Å². The van der Waals surface area contributed by atoms with E-state index in [0.29, 0.717) is 12.5 Å². The predicted octanol–water partition coefficient (Wildman–Crippen LogP) is 3.15. The predicted molar refractivity (Wildman–Crippen MR) is 98.1 cm³/mol. The number of nitrogens with zero attached hydrogens (tertiary/aromatic N) is 2. The van der Waals surface area contributed by atoms with Gasteiger partial charge in [0.1, 0.15) is 5.78 Å². The summed E-state index contributed by atoms with van der Waals surface area (Å²) in [7, 11) is 0. The molecule has 0 aromatic carbocycles. The average molecular weight is 337 g/mol. The number of rotatable bonds is 7. The standard InChI is InChI=1S/C20H36N2O2/c1-15(2)19(23)14-18(20(24)16(3)4)22-12-8-17(9-13-22)21-10-6-5-7-11-21/h15-18H,5-14H2,1-4H3. The van der Waals surface area contributed by atoms with Crippen LogP contribution in [0.25, 0.3) is 0 Å². The number of Topliss-reactive ketones (excluding diaryl/α,β-unsaturated/α-hetero) is 2. The number of piperidine rings is 2. The summed E-state index contributed by atoms with van der Waals surface area (Å²) < 4.78 is 0. The molecule has 0 bridgehead atoms. The first kappa shape index (κ1) is 19.6. The lowest BCUT2D eigenvalue weighted by atomic mass is 9.90. The molecule has 4 nitrogen and oxygen atoms in total. The van der Waals surface area contributed by atoms with Crippen LogP contribution in [-0.4, -0.2) is 59.6 Å². The summed E-state index contributed by atoms with van der Waals surface area (Å²) in [6, 6.07) is 0.472. The van der Waals surface area contributed by atoms with Gasteiger partial charge in [-0.15, -0.1) is 0 Å². The van der Waals surface area contributed by atoms with Crippen LogP contribution >= 0.6 is 0 Å². The maximum atomic E-state index is 12.7. The molecule has 24 heavy (non-hydrogen) atoms. The molecule has 0 spiro atoms. The van der Waals surface area contributed by atoms with Crippen molar-refractivity contribution in [3.05, 3.63) is 0 Å². The third-order valence-electron chi connectivity index (χ3n) is 5.78. The fraction of sp³-hybridized carbons (Fsp3) is 0.900. The topological polar surface area (TPSA) is 40.6 Å². The van der Waals surface area contributed by atoms with E-state index in [-0.39, 0.29) is 29.4 Å². The summed E-state index contributed by atoms with van der Waals surface area (Å²) in [5, 5.41) is 0. The molecule has 0 aromatic heterocycles. The second-order valence-electron chi connectivity index (χ2n) is 8.26. The highest BCUT2D eigenvalue weighted by atomic mass is 16.1. The fourth-order valence-electron chi connectivity index (χ4n) is 4.07. The molecule has 1 atom stereocenters. The zero-order valence-corrected chi connectivity index (χ0v) is 16.1. The minimum Gasteiger partial charge on any atom is -0.300 e. The van der Waals surface area contributed by atoms with E-state index in [1.54, 1.807) is 0 Å². The lowest BCUT2D eigenvalue weighted by Gasteiger charge is -2.42. The smallest absolute Gasteiger partial charge is 0.152 e. The summed E-state index contributed by atoms with van der Waals surface area (Å²) in [5.74, 6) is 0.459. The van der Waals surface area contributed by atoms with Gasteiger partial charge in [-0.05, 0) is 38.8 Å². The molecule has 0 aliphatic carbocycles. The van der Waals surface area contributed by atoms with Gasteiger partial charge in [-0.3, -0.25) is 14.5 Å². The first-order chi connectivity index (χ1) is 11.4. The SMILES string of the molecule is CC(C)C(=O)CC(C(=O)C(C)C)N1CCC(N2CCCCC2)CC1. The third kappa shape index (κ3) is 5.13. The van der Waals surface area contributed by atoms with E-state index in [1.165, 1.54) is 32.4 Å². The molecular weight excluding hydrogens is 300 g/mol. The number of hydrogen-bond acceptors (Lipinski definition) is 4. The molecule has 2 aliphatic rings. The molecule has 2 heterocycles. The van der Waals surface area contributed by atoms with Gasteiger partial charge in [0.2, 0.25) is 0 Å². The van der Waals surface area contributed by atoms with Gasteiger partial charge in [0.05, 0.1) is 6.04 Å². The molecule has 0 N–H and O–H groups in total. The van der Waals surface area contributed by atoms with Crippen LogP contribution in [-0.2, 0) is 9.59 Å². The fourth-order valence-corrected chi connectivity index (χ4v) is 4.07. The van der Waals surface area contributed by atoms with Crippen LogP contribution in [0.1, 0.15) is 66.2 Å². The van der Waals surface area contributed by atoms with Crippen molar-refractivity contribution in [1.82, 2.24) is 9.80 Å². The van der Waals surface area contributed by atoms with Gasteiger partial charge in [0.15, 0.2) is 5.78 Å². The highest BCUT2D eigenvalue weighted by molar-refractivity contribution is 5.92. The Hall–Kier alpha value is -0.740. The molecule has 2 rings (SSSR count). The Bertz CT molecular complexity index is 419. The second-order valence-corrected chi connectivity index (χ2v) is 8.26. The Morgan fingerprint density at radius 2 is 1.46 bits per heavy atom. The Morgan fingerprint density at radius 3 is 1.96 bits per heavy atom. The van der Waals surface area contributed by atoms with Crippen molar-refractivity contribution in [3.8, 4) is 0 Å². The number of ketones is 2. The molecule has 0 amide bonds. The monoisotopic (exact) mass is 336 g/mol. The van der Waals surface area contributed by atoms with Crippen LogP contribution in [0.5, 0.6) is 0 Å². The average Bonchev–Trinajstić information content (AvgIpc) is 2.59. The van der Waals surface area contributed by atoms with Gasteiger partial charge < -0.3 is 4.90 Å². The Kier molecular flexibility index (Phi) is 7.42. The molecule has 0 aromatic rings. The van der Waals surface area contributed by atoms with E-state index >= 15 is 0 Å². The number of carbonyl (C=O) groups is 2. The van der Waals surface area contributed by atoms with Crippen molar-refractivity contribution >= 4 is 11.6 Å². The molecule has 138 valence electrons. The van der Waals surface area contributed by atoms with Crippen molar-refractivity contribution in [1.29, 1.82) is 0 Å². The zero-order chi connectivity index (χ0) is 17.7. The zero-order valence-electron chi connectivity index (χ0n) is 16.1. The summed E-state index contributed by atoms with van der Waals surface area (Å²) in [5.41, 5.74) is 0. The maximum absolute atomic E-state index is 12.7. The van der Waals surface area contributed by atoms with Crippen molar-refractivity contribution in [2.24, 2.45) is 11.8 Å². The summed E-state index contributed by atoms with van der Waals surface area (Å²) >= 11 is 0. The van der Waals surface area contributed by atoms with E-state index in [1.807, 2.05) is 27.7 Å². The summed E-state index contributed by atoms with van der Waals surface area (Å²) in [4.78, 5) is 29.9. The van der Waals surface area contributed by atoms with E-state index in [0.717, 1.165) is 25.9 Å². The molecule has 4 heteroatoms. The first-order valence-electron chi connectivity index (χ1n) is 9.94. The highest BCUT2D eigenvalue weighted by Crippen LogP contribution is 2.24. The summed E-state index contributed by atoms with van der Waals surface area (Å²) in [6.07, 6.45) is 6.70. The van der Waals surface area contributed by atoms with Crippen LogP contribution < -0.4 is 0 Å². The van der Waals surface area contributed by atoms with E-state index < -0.39 is 0 Å². The van der Waals surface area contributed by atoms with Gasteiger partial charge in [-0.1, -0.05) is 34.1 Å². The van der Waals surface area contributed by atoms with E-state index in [2.05, 4.69) is 9.80 Å². The second kappa shape index (κ2) is 9.10. The minimum absolute atomic E-state index is 0.00483. The Morgan fingerprint density at radius 1 is 0.875 bits per heavy atom.